The number of hydrogen-bond donors (Lipinski definition) is 0. The molecule has 20 heavy (non-hydrogen) atoms. The van der Waals surface area contributed by atoms with Gasteiger partial charge < -0.3 is 4.74 Å². The van der Waals surface area contributed by atoms with E-state index in [-0.39, 0.29) is 5.56 Å². The molecule has 2 heterocycles. The minimum atomic E-state index is -0.394. The van der Waals surface area contributed by atoms with Crippen LogP contribution in [0.3, 0.4) is 0 Å². The van der Waals surface area contributed by atoms with E-state index in [1.807, 2.05) is 0 Å². The van der Waals surface area contributed by atoms with E-state index in [1.165, 1.54) is 11.6 Å². The van der Waals surface area contributed by atoms with Crippen LogP contribution in [0.25, 0.3) is 11.2 Å². The first kappa shape index (κ1) is 14.4. The van der Waals surface area contributed by atoms with Crippen LogP contribution in [0.2, 0.25) is 0 Å². The maximum atomic E-state index is 12.2. The Balaban J connectivity index is 2.53. The van der Waals surface area contributed by atoms with Gasteiger partial charge in [0.1, 0.15) is 0 Å². The van der Waals surface area contributed by atoms with E-state index in [9.17, 15) is 9.59 Å². The van der Waals surface area contributed by atoms with Crippen molar-refractivity contribution >= 4 is 11.2 Å². The van der Waals surface area contributed by atoms with Gasteiger partial charge >= 0.3 is 5.69 Å². The molecule has 7 nitrogen and oxygen atoms in total. The van der Waals surface area contributed by atoms with Gasteiger partial charge in [0, 0.05) is 21.1 Å². The van der Waals surface area contributed by atoms with E-state index in [0.717, 1.165) is 11.0 Å². The average molecular weight is 280 g/mol. The molecular weight excluding hydrogens is 260 g/mol. The third-order valence-corrected chi connectivity index (χ3v) is 3.36. The summed E-state index contributed by atoms with van der Waals surface area (Å²) >= 11 is 0. The molecule has 0 atom stereocenters. The van der Waals surface area contributed by atoms with Crippen LogP contribution < -0.4 is 16.0 Å². The van der Waals surface area contributed by atoms with Gasteiger partial charge in [0.2, 0.25) is 0 Å². The van der Waals surface area contributed by atoms with Gasteiger partial charge in [0.05, 0.1) is 6.61 Å². The summed E-state index contributed by atoms with van der Waals surface area (Å²) in [5, 5.41) is 0. The monoisotopic (exact) mass is 280 g/mol. The molecule has 0 spiro atoms. The fourth-order valence-electron chi connectivity index (χ4n) is 2.01. The van der Waals surface area contributed by atoms with Crippen LogP contribution in [0.5, 0.6) is 6.01 Å². The standard InChI is InChI=1S/C13H20N4O3/c1-8(2)6-7-20-12-14-10-9(15(12)3)11(18)17(5)13(19)16(10)4/h8H,6-7H2,1-5H3. The van der Waals surface area contributed by atoms with Crippen LogP contribution in [0.15, 0.2) is 9.59 Å². The summed E-state index contributed by atoms with van der Waals surface area (Å²) in [6, 6.07) is 0.360. The maximum absolute atomic E-state index is 12.2. The fourth-order valence-corrected chi connectivity index (χ4v) is 2.01. The van der Waals surface area contributed by atoms with Crippen molar-refractivity contribution in [2.45, 2.75) is 20.3 Å². The van der Waals surface area contributed by atoms with E-state index in [2.05, 4.69) is 18.8 Å². The number of hydrogen-bond acceptors (Lipinski definition) is 4. The molecule has 0 aliphatic rings. The smallest absolute Gasteiger partial charge is 0.332 e. The summed E-state index contributed by atoms with van der Waals surface area (Å²) in [4.78, 5) is 28.3. The summed E-state index contributed by atoms with van der Waals surface area (Å²) < 4.78 is 9.63. The molecule has 0 aliphatic heterocycles. The quantitative estimate of drug-likeness (QED) is 0.812. The fraction of sp³-hybridized carbons (Fsp3) is 0.615. The average Bonchev–Trinajstić information content (AvgIpc) is 2.71. The minimum absolute atomic E-state index is 0.347. The predicted molar refractivity (Wildman–Crippen MR) is 76.1 cm³/mol. The van der Waals surface area contributed by atoms with Crippen LogP contribution in [0, 0.1) is 5.92 Å². The van der Waals surface area contributed by atoms with Gasteiger partial charge in [-0.25, -0.2) is 4.79 Å². The molecule has 2 rings (SSSR count). The highest BCUT2D eigenvalue weighted by Gasteiger charge is 2.17. The molecule has 0 saturated heterocycles. The van der Waals surface area contributed by atoms with Crippen LogP contribution >= 0.6 is 0 Å². The number of rotatable bonds is 4. The molecule has 0 aromatic carbocycles. The van der Waals surface area contributed by atoms with Crippen LogP contribution in [0.1, 0.15) is 20.3 Å². The highest BCUT2D eigenvalue weighted by molar-refractivity contribution is 5.71. The zero-order valence-corrected chi connectivity index (χ0v) is 12.5. The first-order chi connectivity index (χ1) is 9.34. The lowest BCUT2D eigenvalue weighted by Crippen LogP contribution is -2.37. The Hall–Kier alpha value is -2.05. The van der Waals surface area contributed by atoms with Gasteiger partial charge in [0.15, 0.2) is 11.2 Å². The van der Waals surface area contributed by atoms with E-state index in [4.69, 9.17) is 4.74 Å². The van der Waals surface area contributed by atoms with Crippen molar-refractivity contribution in [1.82, 2.24) is 18.7 Å². The van der Waals surface area contributed by atoms with E-state index in [0.29, 0.717) is 29.7 Å². The molecule has 0 unspecified atom stereocenters. The number of aromatic nitrogens is 4. The molecule has 110 valence electrons. The molecule has 0 amide bonds. The normalized spacial score (nSPS) is 11.5. The van der Waals surface area contributed by atoms with E-state index >= 15 is 0 Å². The van der Waals surface area contributed by atoms with Gasteiger partial charge in [-0.1, -0.05) is 13.8 Å². The molecule has 2 aromatic rings. The second kappa shape index (κ2) is 5.15. The Labute approximate surface area is 116 Å². The van der Waals surface area contributed by atoms with Crippen molar-refractivity contribution in [3.8, 4) is 6.01 Å². The summed E-state index contributed by atoms with van der Waals surface area (Å²) in [5.41, 5.74) is -0.0413. The van der Waals surface area contributed by atoms with Crippen molar-refractivity contribution in [2.75, 3.05) is 6.61 Å². The summed E-state index contributed by atoms with van der Waals surface area (Å²) in [5.74, 6) is 0.530. The van der Waals surface area contributed by atoms with Gasteiger partial charge in [-0.15, -0.1) is 0 Å². The first-order valence-electron chi connectivity index (χ1n) is 6.59. The number of nitrogens with zero attached hydrogens (tertiary/aromatic N) is 4. The zero-order chi connectivity index (χ0) is 15.0. The Morgan fingerprint density at radius 2 is 1.75 bits per heavy atom. The largest absolute Gasteiger partial charge is 0.465 e. The second-order valence-corrected chi connectivity index (χ2v) is 5.36. The van der Waals surface area contributed by atoms with Crippen molar-refractivity contribution in [1.29, 1.82) is 0 Å². The van der Waals surface area contributed by atoms with Gasteiger partial charge in [0.25, 0.3) is 11.6 Å². The van der Waals surface area contributed by atoms with Crippen LogP contribution in [-0.2, 0) is 21.1 Å². The number of aryl methyl sites for hydroxylation is 2. The van der Waals surface area contributed by atoms with Gasteiger partial charge in [-0.3, -0.25) is 18.5 Å². The lowest BCUT2D eigenvalue weighted by atomic mass is 10.1. The molecule has 0 aliphatic carbocycles. The third-order valence-electron chi connectivity index (χ3n) is 3.36. The maximum Gasteiger partial charge on any atom is 0.332 e. The van der Waals surface area contributed by atoms with Crippen LogP contribution in [-0.4, -0.2) is 25.3 Å². The molecule has 7 heteroatoms. The summed E-state index contributed by atoms with van der Waals surface area (Å²) in [6.45, 7) is 4.75. The molecule has 0 fully saturated rings. The third kappa shape index (κ3) is 2.23. The zero-order valence-electron chi connectivity index (χ0n) is 12.5. The molecule has 0 N–H and O–H groups in total. The molecular formula is C13H20N4O3. The Morgan fingerprint density at radius 1 is 1.10 bits per heavy atom. The first-order valence-corrected chi connectivity index (χ1v) is 6.59. The highest BCUT2D eigenvalue weighted by atomic mass is 16.5. The van der Waals surface area contributed by atoms with Gasteiger partial charge in [-0.05, 0) is 12.3 Å². The number of fused-ring (bicyclic) bond motifs is 1. The molecule has 2 aromatic heterocycles. The Morgan fingerprint density at radius 3 is 2.35 bits per heavy atom. The Kier molecular flexibility index (Phi) is 3.69. The minimum Gasteiger partial charge on any atom is -0.465 e. The number of ether oxygens (including phenoxy) is 1. The second-order valence-electron chi connectivity index (χ2n) is 5.36. The van der Waals surface area contributed by atoms with Crippen molar-refractivity contribution < 1.29 is 4.74 Å². The molecule has 0 saturated carbocycles. The lowest BCUT2D eigenvalue weighted by Gasteiger charge is -2.07. The lowest BCUT2D eigenvalue weighted by molar-refractivity contribution is 0.262. The van der Waals surface area contributed by atoms with E-state index in [1.54, 1.807) is 18.7 Å². The topological polar surface area (TPSA) is 71.1 Å². The predicted octanol–water partition coefficient (Wildman–Crippen LogP) is 0.396. The molecule has 0 bridgehead atoms. The van der Waals surface area contributed by atoms with Crippen molar-refractivity contribution in [2.24, 2.45) is 27.1 Å². The van der Waals surface area contributed by atoms with Gasteiger partial charge in [-0.2, -0.15) is 4.98 Å². The summed E-state index contributed by atoms with van der Waals surface area (Å²) in [6.07, 6.45) is 0.903. The number of imidazole rings is 1. The molecule has 0 radical (unpaired) electrons. The van der Waals surface area contributed by atoms with E-state index < -0.39 is 5.69 Å². The van der Waals surface area contributed by atoms with Crippen LogP contribution in [0.4, 0.5) is 0 Å². The van der Waals surface area contributed by atoms with Crippen molar-refractivity contribution in [3.63, 3.8) is 0 Å². The summed E-state index contributed by atoms with van der Waals surface area (Å²) in [7, 11) is 4.76. The van der Waals surface area contributed by atoms with Crippen molar-refractivity contribution in [3.05, 3.63) is 20.8 Å². The highest BCUT2D eigenvalue weighted by Crippen LogP contribution is 2.15. The Bertz CT molecular complexity index is 752. The SMILES string of the molecule is CC(C)CCOc1nc2c(c(=O)n(C)c(=O)n2C)n1C.